The number of rotatable bonds is 4. The van der Waals surface area contributed by atoms with Crippen LogP contribution in [0.15, 0.2) is 0 Å². The van der Waals surface area contributed by atoms with Gasteiger partial charge in [-0.2, -0.15) is 13.2 Å². The average molecular weight is 225 g/mol. The van der Waals surface area contributed by atoms with Crippen molar-refractivity contribution in [3.05, 3.63) is 0 Å². The van der Waals surface area contributed by atoms with E-state index in [2.05, 4.69) is 5.32 Å². The molecule has 0 aromatic rings. The van der Waals surface area contributed by atoms with Crippen LogP contribution in [0.3, 0.4) is 0 Å². The van der Waals surface area contributed by atoms with E-state index in [9.17, 15) is 13.2 Å². The van der Waals surface area contributed by atoms with Crippen LogP contribution in [0.1, 0.15) is 32.6 Å². The maximum Gasteiger partial charge on any atom is 0.390 e. The molecule has 0 saturated carbocycles. The van der Waals surface area contributed by atoms with Crippen molar-refractivity contribution in [3.63, 3.8) is 0 Å². The van der Waals surface area contributed by atoms with Crippen molar-refractivity contribution in [1.29, 1.82) is 0 Å². The third kappa shape index (κ3) is 5.99. The Kier molecular flexibility index (Phi) is 4.86. The van der Waals surface area contributed by atoms with Crippen molar-refractivity contribution in [3.8, 4) is 0 Å². The van der Waals surface area contributed by atoms with Gasteiger partial charge in [0, 0.05) is 19.2 Å². The molecule has 2 unspecified atom stereocenters. The minimum atomic E-state index is -4.08. The number of nitrogens with one attached hydrogen (secondary N) is 1. The number of alkyl halides is 3. The SMILES string of the molecule is CC(CC(F)(F)F)NCC1CCCCO1. The first-order valence-corrected chi connectivity index (χ1v) is 5.39. The molecule has 0 aromatic carbocycles. The maximum absolute atomic E-state index is 12.0. The van der Waals surface area contributed by atoms with Gasteiger partial charge >= 0.3 is 6.18 Å². The van der Waals surface area contributed by atoms with Crippen molar-refractivity contribution >= 4 is 0 Å². The van der Waals surface area contributed by atoms with Crippen LogP contribution in [0, 0.1) is 0 Å². The van der Waals surface area contributed by atoms with Crippen LogP contribution in [0.25, 0.3) is 0 Å². The molecule has 1 N–H and O–H groups in total. The third-order valence-electron chi connectivity index (χ3n) is 2.51. The molecular weight excluding hydrogens is 207 g/mol. The molecule has 1 rings (SSSR count). The molecule has 0 aromatic heterocycles. The fourth-order valence-electron chi connectivity index (χ4n) is 1.72. The Labute approximate surface area is 88.2 Å². The summed E-state index contributed by atoms with van der Waals surface area (Å²) in [5.74, 6) is 0. The fraction of sp³-hybridized carbons (Fsp3) is 1.00. The van der Waals surface area contributed by atoms with E-state index in [-0.39, 0.29) is 6.10 Å². The summed E-state index contributed by atoms with van der Waals surface area (Å²) < 4.78 is 41.4. The van der Waals surface area contributed by atoms with Crippen LogP contribution in [0.2, 0.25) is 0 Å². The standard InChI is InChI=1S/C10H18F3NO/c1-8(6-10(11,12)13)14-7-9-4-2-3-5-15-9/h8-9,14H,2-7H2,1H3. The smallest absolute Gasteiger partial charge is 0.377 e. The van der Waals surface area contributed by atoms with E-state index in [1.54, 1.807) is 6.92 Å². The van der Waals surface area contributed by atoms with E-state index in [0.717, 1.165) is 25.9 Å². The Morgan fingerprint density at radius 1 is 1.40 bits per heavy atom. The van der Waals surface area contributed by atoms with Gasteiger partial charge < -0.3 is 10.1 Å². The highest BCUT2D eigenvalue weighted by Gasteiger charge is 2.30. The van der Waals surface area contributed by atoms with E-state index < -0.39 is 18.6 Å². The lowest BCUT2D eigenvalue weighted by atomic mass is 10.1. The molecule has 2 nitrogen and oxygen atoms in total. The molecule has 0 radical (unpaired) electrons. The molecule has 0 aliphatic carbocycles. The lowest BCUT2D eigenvalue weighted by Gasteiger charge is -2.25. The average Bonchev–Trinajstić information content (AvgIpc) is 2.14. The zero-order valence-electron chi connectivity index (χ0n) is 8.94. The van der Waals surface area contributed by atoms with Crippen molar-refractivity contribution in [2.75, 3.05) is 13.2 Å². The summed E-state index contributed by atoms with van der Waals surface area (Å²) in [6.07, 6.45) is -1.64. The van der Waals surface area contributed by atoms with Gasteiger partial charge in [-0.3, -0.25) is 0 Å². The lowest BCUT2D eigenvalue weighted by Crippen LogP contribution is -2.38. The normalized spacial score (nSPS) is 25.2. The monoisotopic (exact) mass is 225 g/mol. The molecular formula is C10H18F3NO. The summed E-state index contributed by atoms with van der Waals surface area (Å²) >= 11 is 0. The minimum absolute atomic E-state index is 0.0921. The van der Waals surface area contributed by atoms with E-state index in [1.807, 2.05) is 0 Å². The van der Waals surface area contributed by atoms with Crippen LogP contribution < -0.4 is 5.32 Å². The van der Waals surface area contributed by atoms with Crippen molar-refractivity contribution in [2.24, 2.45) is 0 Å². The van der Waals surface area contributed by atoms with Crippen LogP contribution in [0.5, 0.6) is 0 Å². The first-order chi connectivity index (χ1) is 6.97. The van der Waals surface area contributed by atoms with E-state index >= 15 is 0 Å². The van der Waals surface area contributed by atoms with Gasteiger partial charge in [0.15, 0.2) is 0 Å². The summed E-state index contributed by atoms with van der Waals surface area (Å²) in [6.45, 7) is 2.81. The highest BCUT2D eigenvalue weighted by atomic mass is 19.4. The zero-order valence-corrected chi connectivity index (χ0v) is 8.94. The van der Waals surface area contributed by atoms with Gasteiger partial charge in [-0.05, 0) is 26.2 Å². The molecule has 2 atom stereocenters. The first kappa shape index (κ1) is 12.8. The Balaban J connectivity index is 2.12. The first-order valence-electron chi connectivity index (χ1n) is 5.39. The molecule has 0 spiro atoms. The summed E-state index contributed by atoms with van der Waals surface area (Å²) in [5, 5.41) is 2.86. The van der Waals surface area contributed by atoms with Crippen LogP contribution >= 0.6 is 0 Å². The van der Waals surface area contributed by atoms with Crippen LogP contribution in [0.4, 0.5) is 13.2 Å². The molecule has 90 valence electrons. The molecule has 1 aliphatic rings. The van der Waals surface area contributed by atoms with Gasteiger partial charge in [0.1, 0.15) is 0 Å². The second-order valence-corrected chi connectivity index (χ2v) is 4.12. The highest BCUT2D eigenvalue weighted by molar-refractivity contribution is 4.71. The number of hydrogen-bond donors (Lipinski definition) is 1. The topological polar surface area (TPSA) is 21.3 Å². The number of hydrogen-bond acceptors (Lipinski definition) is 2. The van der Waals surface area contributed by atoms with E-state index in [1.165, 1.54) is 0 Å². The van der Waals surface area contributed by atoms with Gasteiger partial charge in [-0.25, -0.2) is 0 Å². The van der Waals surface area contributed by atoms with Gasteiger partial charge in [0.05, 0.1) is 12.5 Å². The van der Waals surface area contributed by atoms with Crippen LogP contribution in [-0.2, 0) is 4.74 Å². The van der Waals surface area contributed by atoms with Crippen molar-refractivity contribution in [1.82, 2.24) is 5.32 Å². The summed E-state index contributed by atoms with van der Waals surface area (Å²) in [7, 11) is 0. The predicted octanol–water partition coefficient (Wildman–Crippen LogP) is 2.49. The lowest BCUT2D eigenvalue weighted by molar-refractivity contribution is -0.139. The molecule has 0 amide bonds. The molecule has 0 bridgehead atoms. The molecule has 1 aliphatic heterocycles. The van der Waals surface area contributed by atoms with E-state index in [0.29, 0.717) is 6.54 Å². The number of ether oxygens (including phenoxy) is 1. The largest absolute Gasteiger partial charge is 0.390 e. The molecule has 1 heterocycles. The Bertz CT molecular complexity index is 178. The summed E-state index contributed by atoms with van der Waals surface area (Å²) in [6, 6.07) is -0.532. The van der Waals surface area contributed by atoms with Crippen LogP contribution in [-0.4, -0.2) is 31.5 Å². The minimum Gasteiger partial charge on any atom is -0.377 e. The fourth-order valence-corrected chi connectivity index (χ4v) is 1.72. The summed E-state index contributed by atoms with van der Waals surface area (Å²) in [4.78, 5) is 0. The highest BCUT2D eigenvalue weighted by Crippen LogP contribution is 2.21. The Morgan fingerprint density at radius 3 is 2.67 bits per heavy atom. The second kappa shape index (κ2) is 5.70. The third-order valence-corrected chi connectivity index (χ3v) is 2.51. The Hall–Kier alpha value is -0.290. The Morgan fingerprint density at radius 2 is 2.13 bits per heavy atom. The van der Waals surface area contributed by atoms with E-state index in [4.69, 9.17) is 4.74 Å². The summed E-state index contributed by atoms with van der Waals surface area (Å²) in [5.41, 5.74) is 0. The van der Waals surface area contributed by atoms with Gasteiger partial charge in [0.2, 0.25) is 0 Å². The molecule has 5 heteroatoms. The van der Waals surface area contributed by atoms with Crippen molar-refractivity contribution in [2.45, 2.75) is 50.9 Å². The predicted molar refractivity (Wildman–Crippen MR) is 51.7 cm³/mol. The molecule has 1 fully saturated rings. The van der Waals surface area contributed by atoms with Gasteiger partial charge in [-0.15, -0.1) is 0 Å². The van der Waals surface area contributed by atoms with Crippen molar-refractivity contribution < 1.29 is 17.9 Å². The van der Waals surface area contributed by atoms with Gasteiger partial charge in [0.25, 0.3) is 0 Å². The molecule has 15 heavy (non-hydrogen) atoms. The van der Waals surface area contributed by atoms with Gasteiger partial charge in [-0.1, -0.05) is 0 Å². The zero-order chi connectivity index (χ0) is 11.3. The maximum atomic E-state index is 12.0. The quantitative estimate of drug-likeness (QED) is 0.793. The number of halogens is 3. The second-order valence-electron chi connectivity index (χ2n) is 4.12. The molecule has 1 saturated heterocycles.